The first kappa shape index (κ1) is 21.1. The normalized spacial score (nSPS) is 15.2. The first-order valence-corrected chi connectivity index (χ1v) is 11.6. The summed E-state index contributed by atoms with van der Waals surface area (Å²) in [6.07, 6.45) is 1.65. The Morgan fingerprint density at radius 3 is 2.91 bits per heavy atom. The maximum atomic E-state index is 13.3. The highest BCUT2D eigenvalue weighted by Crippen LogP contribution is 2.34. The lowest BCUT2D eigenvalue weighted by Crippen LogP contribution is -2.27. The highest BCUT2D eigenvalue weighted by molar-refractivity contribution is 7.99. The number of carbonyl (C=O) groups is 1. The lowest BCUT2D eigenvalue weighted by molar-refractivity contribution is -0.116. The van der Waals surface area contributed by atoms with E-state index in [0.29, 0.717) is 37.7 Å². The Hall–Kier alpha value is -2.81. The molecule has 1 atom stereocenters. The van der Waals surface area contributed by atoms with E-state index in [1.54, 1.807) is 27.4 Å². The van der Waals surface area contributed by atoms with Gasteiger partial charge in [-0.1, -0.05) is 47.1 Å². The standard InChI is InChI=1S/C22H17Cl2N5O2S/c1-12-3-2-4-14(7-12)29-20-16(10-25-29)21(31)28-15(11-32-22(28)27-20)9-19(30)26-18-8-13(23)5-6-17(18)24/h2-8,10,15H,9,11H2,1H3,(H,26,30). The SMILES string of the molecule is Cc1cccc(-n2ncc3c(=O)n4c(nc32)SCC4CC(=O)Nc2cc(Cl)ccc2Cl)c1. The minimum Gasteiger partial charge on any atom is -0.325 e. The number of fused-ring (bicyclic) bond motifs is 2. The number of nitrogens with zero attached hydrogens (tertiary/aromatic N) is 4. The molecule has 3 heterocycles. The highest BCUT2D eigenvalue weighted by atomic mass is 35.5. The fourth-order valence-electron chi connectivity index (χ4n) is 3.74. The number of anilines is 1. The van der Waals surface area contributed by atoms with Gasteiger partial charge < -0.3 is 5.32 Å². The molecule has 2 aromatic heterocycles. The lowest BCUT2D eigenvalue weighted by atomic mass is 10.2. The van der Waals surface area contributed by atoms with Gasteiger partial charge in [-0.05, 0) is 42.8 Å². The van der Waals surface area contributed by atoms with Crippen molar-refractivity contribution in [3.8, 4) is 5.69 Å². The summed E-state index contributed by atoms with van der Waals surface area (Å²) in [5.74, 6) is 0.318. The molecule has 1 aliphatic rings. The summed E-state index contributed by atoms with van der Waals surface area (Å²) in [6, 6.07) is 12.4. The molecule has 1 amide bonds. The minimum atomic E-state index is -0.320. The molecule has 1 unspecified atom stereocenters. The Kier molecular flexibility index (Phi) is 5.44. The molecule has 0 bridgehead atoms. The van der Waals surface area contributed by atoms with Gasteiger partial charge in [0.15, 0.2) is 10.8 Å². The number of carbonyl (C=O) groups excluding carboxylic acids is 1. The molecule has 0 fully saturated rings. The summed E-state index contributed by atoms with van der Waals surface area (Å²) in [4.78, 5) is 30.6. The Morgan fingerprint density at radius 2 is 2.09 bits per heavy atom. The summed E-state index contributed by atoms with van der Waals surface area (Å²) >= 11 is 13.6. The summed E-state index contributed by atoms with van der Waals surface area (Å²) in [5, 5.41) is 9.04. The van der Waals surface area contributed by atoms with E-state index in [-0.39, 0.29) is 23.9 Å². The number of nitrogens with one attached hydrogen (secondary N) is 1. The first-order chi connectivity index (χ1) is 15.4. The van der Waals surface area contributed by atoms with Gasteiger partial charge in [0.2, 0.25) is 5.91 Å². The average Bonchev–Trinajstić information content (AvgIpc) is 3.36. The van der Waals surface area contributed by atoms with E-state index in [1.807, 2.05) is 31.2 Å². The van der Waals surface area contributed by atoms with Crippen LogP contribution in [0.1, 0.15) is 18.0 Å². The van der Waals surface area contributed by atoms with Gasteiger partial charge in [-0.3, -0.25) is 14.2 Å². The van der Waals surface area contributed by atoms with Crippen molar-refractivity contribution in [3.05, 3.63) is 74.6 Å². The van der Waals surface area contributed by atoms with E-state index in [4.69, 9.17) is 28.2 Å². The van der Waals surface area contributed by atoms with Crippen LogP contribution in [0.5, 0.6) is 0 Å². The molecule has 7 nitrogen and oxygen atoms in total. The van der Waals surface area contributed by atoms with Gasteiger partial charge in [0, 0.05) is 17.2 Å². The van der Waals surface area contributed by atoms with Crippen LogP contribution in [0.15, 0.2) is 58.6 Å². The van der Waals surface area contributed by atoms with E-state index < -0.39 is 0 Å². The number of hydrogen-bond donors (Lipinski definition) is 1. The molecule has 4 aromatic rings. The zero-order valence-electron chi connectivity index (χ0n) is 16.9. The van der Waals surface area contributed by atoms with E-state index in [1.165, 1.54) is 18.0 Å². The number of amides is 1. The van der Waals surface area contributed by atoms with Gasteiger partial charge in [-0.15, -0.1) is 0 Å². The predicted octanol–water partition coefficient (Wildman–Crippen LogP) is 4.87. The molecule has 0 radical (unpaired) electrons. The monoisotopic (exact) mass is 485 g/mol. The third-order valence-electron chi connectivity index (χ3n) is 5.24. The zero-order valence-corrected chi connectivity index (χ0v) is 19.2. The molecular formula is C22H17Cl2N5O2S. The molecule has 1 aliphatic heterocycles. The van der Waals surface area contributed by atoms with E-state index in [0.717, 1.165) is 11.3 Å². The Balaban J connectivity index is 1.45. The topological polar surface area (TPSA) is 81.8 Å². The summed E-state index contributed by atoms with van der Waals surface area (Å²) in [7, 11) is 0. The van der Waals surface area contributed by atoms with E-state index in [2.05, 4.69) is 10.4 Å². The zero-order chi connectivity index (χ0) is 22.4. The predicted molar refractivity (Wildman–Crippen MR) is 127 cm³/mol. The van der Waals surface area contributed by atoms with Gasteiger partial charge in [0.1, 0.15) is 5.39 Å². The van der Waals surface area contributed by atoms with Crippen LogP contribution in [-0.2, 0) is 4.79 Å². The fraction of sp³-hybridized carbons (Fsp3) is 0.182. The maximum Gasteiger partial charge on any atom is 0.265 e. The molecule has 0 aliphatic carbocycles. The average molecular weight is 486 g/mol. The second-order valence-electron chi connectivity index (χ2n) is 7.54. The molecule has 0 spiro atoms. The minimum absolute atomic E-state index is 0.113. The van der Waals surface area contributed by atoms with Crippen LogP contribution in [0.3, 0.4) is 0 Å². The number of benzene rings is 2. The molecule has 162 valence electrons. The Labute approximate surface area is 197 Å². The fourth-order valence-corrected chi connectivity index (χ4v) is 5.21. The summed E-state index contributed by atoms with van der Waals surface area (Å²) in [6.45, 7) is 2.00. The summed E-state index contributed by atoms with van der Waals surface area (Å²) in [5.41, 5.74) is 2.68. The van der Waals surface area contributed by atoms with Crippen molar-refractivity contribution in [3.63, 3.8) is 0 Å². The van der Waals surface area contributed by atoms with Crippen LogP contribution in [0.2, 0.25) is 10.0 Å². The first-order valence-electron chi connectivity index (χ1n) is 9.86. The van der Waals surface area contributed by atoms with Crippen LogP contribution < -0.4 is 10.9 Å². The van der Waals surface area contributed by atoms with Crippen molar-refractivity contribution in [1.29, 1.82) is 0 Å². The van der Waals surface area contributed by atoms with Crippen molar-refractivity contribution in [2.24, 2.45) is 0 Å². The van der Waals surface area contributed by atoms with E-state index >= 15 is 0 Å². The van der Waals surface area contributed by atoms with Gasteiger partial charge >= 0.3 is 0 Å². The Morgan fingerprint density at radius 1 is 1.25 bits per heavy atom. The maximum absolute atomic E-state index is 13.3. The number of aromatic nitrogens is 4. The highest BCUT2D eigenvalue weighted by Gasteiger charge is 2.29. The van der Waals surface area contributed by atoms with Crippen LogP contribution in [0.4, 0.5) is 5.69 Å². The van der Waals surface area contributed by atoms with Gasteiger partial charge in [-0.2, -0.15) is 5.10 Å². The smallest absolute Gasteiger partial charge is 0.265 e. The largest absolute Gasteiger partial charge is 0.325 e. The number of aryl methyl sites for hydroxylation is 1. The van der Waals surface area contributed by atoms with Gasteiger partial charge in [-0.25, -0.2) is 9.67 Å². The molecule has 10 heteroatoms. The van der Waals surface area contributed by atoms with Crippen LogP contribution >= 0.6 is 35.0 Å². The number of rotatable bonds is 4. The van der Waals surface area contributed by atoms with Gasteiger partial charge in [0.05, 0.1) is 28.6 Å². The van der Waals surface area contributed by atoms with Crippen LogP contribution in [-0.4, -0.2) is 31.0 Å². The second-order valence-corrected chi connectivity index (χ2v) is 9.37. The molecule has 5 rings (SSSR count). The second kappa shape index (κ2) is 8.27. The molecular weight excluding hydrogens is 469 g/mol. The third-order valence-corrected chi connectivity index (χ3v) is 6.90. The number of halogens is 2. The molecule has 2 aromatic carbocycles. The van der Waals surface area contributed by atoms with Crippen LogP contribution in [0, 0.1) is 6.92 Å². The lowest BCUT2D eigenvalue weighted by Gasteiger charge is -2.14. The van der Waals surface area contributed by atoms with Crippen molar-refractivity contribution in [1.82, 2.24) is 19.3 Å². The molecule has 0 saturated heterocycles. The van der Waals surface area contributed by atoms with Gasteiger partial charge in [0.25, 0.3) is 5.56 Å². The van der Waals surface area contributed by atoms with Crippen LogP contribution in [0.25, 0.3) is 16.7 Å². The quantitative estimate of drug-likeness (QED) is 0.416. The van der Waals surface area contributed by atoms with E-state index in [9.17, 15) is 9.59 Å². The molecule has 32 heavy (non-hydrogen) atoms. The van der Waals surface area contributed by atoms with Crippen molar-refractivity contribution in [2.75, 3.05) is 11.1 Å². The third kappa shape index (κ3) is 3.79. The summed E-state index contributed by atoms with van der Waals surface area (Å²) < 4.78 is 3.26. The van der Waals surface area contributed by atoms with Crippen molar-refractivity contribution >= 4 is 57.6 Å². The van der Waals surface area contributed by atoms with Crippen molar-refractivity contribution in [2.45, 2.75) is 24.5 Å². The van der Waals surface area contributed by atoms with Crippen molar-refractivity contribution < 1.29 is 4.79 Å². The molecule has 1 N–H and O–H groups in total. The Bertz CT molecular complexity index is 1430. The molecule has 0 saturated carbocycles. The number of hydrogen-bond acceptors (Lipinski definition) is 5. The number of thioether (sulfide) groups is 1.